The molecular weight excluding hydrogens is 253 g/mol. The second-order valence-electron chi connectivity index (χ2n) is 4.93. The Morgan fingerprint density at radius 1 is 1.44 bits per heavy atom. The molecule has 1 heterocycles. The lowest BCUT2D eigenvalue weighted by atomic mass is 10.1. The van der Waals surface area contributed by atoms with Crippen molar-refractivity contribution < 1.29 is 9.13 Å². The van der Waals surface area contributed by atoms with Crippen molar-refractivity contribution in [1.29, 1.82) is 0 Å². The van der Waals surface area contributed by atoms with Crippen molar-refractivity contribution in [2.45, 2.75) is 31.9 Å². The number of benzene rings is 1. The van der Waals surface area contributed by atoms with E-state index in [0.29, 0.717) is 6.10 Å². The van der Waals surface area contributed by atoms with Crippen LogP contribution in [0, 0.1) is 5.82 Å². The van der Waals surface area contributed by atoms with E-state index in [-0.39, 0.29) is 10.8 Å². The average molecular weight is 272 g/mol. The molecule has 2 rings (SSSR count). The van der Waals surface area contributed by atoms with Crippen molar-refractivity contribution >= 4 is 11.6 Å². The summed E-state index contributed by atoms with van der Waals surface area (Å²) < 4.78 is 18.7. The van der Waals surface area contributed by atoms with Crippen LogP contribution in [0.25, 0.3) is 0 Å². The zero-order chi connectivity index (χ0) is 13.0. The van der Waals surface area contributed by atoms with E-state index in [1.165, 1.54) is 18.9 Å². The maximum Gasteiger partial charge on any atom is 0.141 e. The average Bonchev–Trinajstić information content (AvgIpc) is 2.35. The van der Waals surface area contributed by atoms with Crippen LogP contribution in [0.5, 0.6) is 0 Å². The van der Waals surface area contributed by atoms with Crippen LogP contribution in [-0.2, 0) is 11.3 Å². The highest BCUT2D eigenvalue weighted by Crippen LogP contribution is 2.18. The zero-order valence-corrected chi connectivity index (χ0v) is 11.4. The van der Waals surface area contributed by atoms with Gasteiger partial charge in [0.25, 0.3) is 0 Å². The third kappa shape index (κ3) is 3.94. The lowest BCUT2D eigenvalue weighted by Crippen LogP contribution is -2.33. The number of nitrogens with zero attached hydrogens (tertiary/aromatic N) is 1. The fourth-order valence-electron chi connectivity index (χ4n) is 2.31. The molecule has 18 heavy (non-hydrogen) atoms. The summed E-state index contributed by atoms with van der Waals surface area (Å²) >= 11 is 5.77. The molecule has 1 aliphatic rings. The van der Waals surface area contributed by atoms with Crippen molar-refractivity contribution in [1.82, 2.24) is 4.90 Å². The van der Waals surface area contributed by atoms with E-state index in [4.69, 9.17) is 16.3 Å². The first kappa shape index (κ1) is 13.8. The first-order valence-corrected chi connectivity index (χ1v) is 6.77. The van der Waals surface area contributed by atoms with Crippen LogP contribution in [0.15, 0.2) is 18.2 Å². The van der Waals surface area contributed by atoms with Gasteiger partial charge in [-0.1, -0.05) is 17.7 Å². The number of hydrogen-bond donors (Lipinski definition) is 0. The van der Waals surface area contributed by atoms with Gasteiger partial charge in [-0.3, -0.25) is 4.90 Å². The van der Waals surface area contributed by atoms with Crippen LogP contribution in [0.4, 0.5) is 4.39 Å². The molecule has 1 aromatic rings. The van der Waals surface area contributed by atoms with Gasteiger partial charge >= 0.3 is 0 Å². The molecule has 1 fully saturated rings. The Bertz CT molecular complexity index is 393. The summed E-state index contributed by atoms with van der Waals surface area (Å²) in [6, 6.07) is 4.89. The van der Waals surface area contributed by atoms with E-state index >= 15 is 0 Å². The second-order valence-corrected chi connectivity index (χ2v) is 5.34. The molecule has 1 aromatic carbocycles. The Kier molecular flexibility index (Phi) is 4.98. The Morgan fingerprint density at radius 3 is 2.94 bits per heavy atom. The van der Waals surface area contributed by atoms with E-state index < -0.39 is 0 Å². The Morgan fingerprint density at radius 2 is 2.28 bits per heavy atom. The molecule has 2 nitrogen and oxygen atoms in total. The lowest BCUT2D eigenvalue weighted by Gasteiger charge is -2.27. The van der Waals surface area contributed by atoms with Crippen molar-refractivity contribution in [2.75, 3.05) is 20.2 Å². The number of likely N-dealkylation sites (N-methyl/N-ethyl adjacent to an activating group) is 1. The first-order valence-electron chi connectivity index (χ1n) is 6.39. The van der Waals surface area contributed by atoms with Gasteiger partial charge in [0.05, 0.1) is 11.1 Å². The maximum atomic E-state index is 13.0. The van der Waals surface area contributed by atoms with Gasteiger partial charge in [-0.25, -0.2) is 4.39 Å². The Labute approximate surface area is 113 Å². The highest BCUT2D eigenvalue weighted by molar-refractivity contribution is 6.30. The highest BCUT2D eigenvalue weighted by atomic mass is 35.5. The minimum atomic E-state index is -0.362. The van der Waals surface area contributed by atoms with Crippen LogP contribution in [0.2, 0.25) is 5.02 Å². The maximum absolute atomic E-state index is 13.0. The number of hydrogen-bond acceptors (Lipinski definition) is 2. The predicted octanol–water partition coefficient (Wildman–Crippen LogP) is 3.48. The van der Waals surface area contributed by atoms with E-state index in [0.717, 1.165) is 31.7 Å². The minimum Gasteiger partial charge on any atom is -0.377 e. The smallest absolute Gasteiger partial charge is 0.141 e. The summed E-state index contributed by atoms with van der Waals surface area (Å²) in [4.78, 5) is 2.19. The quantitative estimate of drug-likeness (QED) is 0.831. The van der Waals surface area contributed by atoms with Gasteiger partial charge < -0.3 is 4.74 Å². The molecule has 100 valence electrons. The first-order chi connectivity index (χ1) is 8.65. The second kappa shape index (κ2) is 6.50. The Hall–Kier alpha value is -0.640. The fraction of sp³-hybridized carbons (Fsp3) is 0.571. The molecule has 0 N–H and O–H groups in total. The Balaban J connectivity index is 1.85. The number of halogens is 2. The molecule has 1 unspecified atom stereocenters. The molecule has 4 heteroatoms. The number of ether oxygens (including phenoxy) is 1. The van der Waals surface area contributed by atoms with Crippen molar-refractivity contribution in [2.24, 2.45) is 0 Å². The normalized spacial score (nSPS) is 20.3. The summed E-state index contributed by atoms with van der Waals surface area (Å²) in [5, 5.41) is 0.190. The third-order valence-corrected chi connectivity index (χ3v) is 3.52. The van der Waals surface area contributed by atoms with Gasteiger partial charge in [0, 0.05) is 19.7 Å². The van der Waals surface area contributed by atoms with Crippen molar-refractivity contribution in [3.8, 4) is 0 Å². The van der Waals surface area contributed by atoms with Gasteiger partial charge in [-0.15, -0.1) is 0 Å². The lowest BCUT2D eigenvalue weighted by molar-refractivity contribution is -0.00259. The topological polar surface area (TPSA) is 12.5 Å². The molecule has 0 aromatic heterocycles. The monoisotopic (exact) mass is 271 g/mol. The highest BCUT2D eigenvalue weighted by Gasteiger charge is 2.16. The summed E-state index contributed by atoms with van der Waals surface area (Å²) in [7, 11) is 2.05. The fourth-order valence-corrected chi connectivity index (χ4v) is 2.52. The predicted molar refractivity (Wildman–Crippen MR) is 71.3 cm³/mol. The molecule has 0 aliphatic carbocycles. The van der Waals surface area contributed by atoms with Crippen LogP contribution in [0.3, 0.4) is 0 Å². The van der Waals surface area contributed by atoms with Gasteiger partial charge in [-0.05, 0) is 44.0 Å². The third-order valence-electron chi connectivity index (χ3n) is 3.23. The summed E-state index contributed by atoms with van der Waals surface area (Å²) in [5.74, 6) is -0.362. The summed E-state index contributed by atoms with van der Waals surface area (Å²) in [6.45, 7) is 2.55. The van der Waals surface area contributed by atoms with E-state index in [9.17, 15) is 4.39 Å². The van der Waals surface area contributed by atoms with E-state index in [1.54, 1.807) is 12.1 Å². The van der Waals surface area contributed by atoms with Crippen LogP contribution in [0.1, 0.15) is 24.8 Å². The molecule has 1 saturated heterocycles. The summed E-state index contributed by atoms with van der Waals surface area (Å²) in [5.41, 5.74) is 1.03. The van der Waals surface area contributed by atoms with Crippen LogP contribution < -0.4 is 0 Å². The molecule has 0 saturated carbocycles. The van der Waals surface area contributed by atoms with Gasteiger partial charge in [0.2, 0.25) is 0 Å². The van der Waals surface area contributed by atoms with Crippen molar-refractivity contribution in [3.05, 3.63) is 34.6 Å². The van der Waals surface area contributed by atoms with Crippen molar-refractivity contribution in [3.63, 3.8) is 0 Å². The molecule has 0 radical (unpaired) electrons. The zero-order valence-electron chi connectivity index (χ0n) is 10.7. The number of rotatable bonds is 4. The van der Waals surface area contributed by atoms with E-state index in [2.05, 4.69) is 11.9 Å². The molecule has 0 amide bonds. The molecule has 0 spiro atoms. The van der Waals surface area contributed by atoms with Crippen LogP contribution in [-0.4, -0.2) is 31.2 Å². The standard InChI is InChI=1S/C14H19ClFNO/c1-17(10-12-4-2-3-7-18-12)9-11-5-6-14(16)13(15)8-11/h5-6,8,12H,2-4,7,9-10H2,1H3. The van der Waals surface area contributed by atoms with Gasteiger partial charge in [0.1, 0.15) is 5.82 Å². The van der Waals surface area contributed by atoms with E-state index in [1.807, 2.05) is 0 Å². The molecule has 1 aliphatic heterocycles. The largest absolute Gasteiger partial charge is 0.377 e. The molecule has 1 atom stereocenters. The van der Waals surface area contributed by atoms with Gasteiger partial charge in [0.15, 0.2) is 0 Å². The van der Waals surface area contributed by atoms with Crippen LogP contribution >= 0.6 is 11.6 Å². The summed E-state index contributed by atoms with van der Waals surface area (Å²) in [6.07, 6.45) is 3.89. The van der Waals surface area contributed by atoms with Gasteiger partial charge in [-0.2, -0.15) is 0 Å². The molecular formula is C14H19ClFNO. The SMILES string of the molecule is CN(Cc1ccc(F)c(Cl)c1)CC1CCCCO1. The molecule has 0 bridgehead atoms. The minimum absolute atomic E-state index is 0.190.